The first-order valence-electron chi connectivity index (χ1n) is 9.35. The summed E-state index contributed by atoms with van der Waals surface area (Å²) in [5.74, 6) is 0.663. The van der Waals surface area contributed by atoms with Crippen molar-refractivity contribution in [2.75, 3.05) is 5.32 Å². The summed E-state index contributed by atoms with van der Waals surface area (Å²) in [5.41, 5.74) is 1.91. The van der Waals surface area contributed by atoms with Crippen LogP contribution in [0.2, 0.25) is 0 Å². The lowest BCUT2D eigenvalue weighted by Crippen LogP contribution is -2.22. The van der Waals surface area contributed by atoms with Crippen molar-refractivity contribution in [2.24, 2.45) is 0 Å². The molecule has 0 radical (unpaired) electrons. The number of aryl methyl sites for hydroxylation is 1. The molecule has 2 aromatic carbocycles. The predicted octanol–water partition coefficient (Wildman–Crippen LogP) is 4.91. The van der Waals surface area contributed by atoms with E-state index in [0.29, 0.717) is 39.9 Å². The zero-order valence-electron chi connectivity index (χ0n) is 15.9. The molecular weight excluding hydrogens is 385 g/mol. The molecule has 1 aliphatic rings. The Labute approximate surface area is 171 Å². The van der Waals surface area contributed by atoms with Crippen LogP contribution in [0.1, 0.15) is 28.4 Å². The average Bonchev–Trinajstić information content (AvgIpc) is 2.74. The number of anilines is 2. The average molecular weight is 401 g/mol. The maximum absolute atomic E-state index is 13.6. The third-order valence-electron chi connectivity index (χ3n) is 4.94. The Balaban J connectivity index is 1.75. The van der Waals surface area contributed by atoms with Gasteiger partial charge in [0, 0.05) is 11.8 Å². The van der Waals surface area contributed by atoms with Gasteiger partial charge in [0.15, 0.2) is 0 Å². The van der Waals surface area contributed by atoms with E-state index in [0.717, 1.165) is 5.69 Å². The van der Waals surface area contributed by atoms with Crippen molar-refractivity contribution in [2.45, 2.75) is 12.8 Å². The molecule has 2 aromatic heterocycles. The smallest absolute Gasteiger partial charge is 0.343 e. The fourth-order valence-electron chi connectivity index (χ4n) is 3.65. The summed E-state index contributed by atoms with van der Waals surface area (Å²) in [7, 11) is 0. The molecule has 0 bridgehead atoms. The maximum Gasteiger partial charge on any atom is 0.343 e. The Hall–Kier alpha value is -4.00. The molecule has 148 valence electrons. The van der Waals surface area contributed by atoms with Gasteiger partial charge in [-0.15, -0.1) is 0 Å². The van der Waals surface area contributed by atoms with Gasteiger partial charge in [0.2, 0.25) is 5.88 Å². The van der Waals surface area contributed by atoms with Crippen LogP contribution in [0.4, 0.5) is 15.9 Å². The summed E-state index contributed by atoms with van der Waals surface area (Å²) >= 11 is 0. The van der Waals surface area contributed by atoms with E-state index in [-0.39, 0.29) is 5.82 Å². The fourth-order valence-corrected chi connectivity index (χ4v) is 3.65. The molecule has 0 fully saturated rings. The van der Waals surface area contributed by atoms with Gasteiger partial charge in [0.25, 0.3) is 0 Å². The van der Waals surface area contributed by atoms with Crippen molar-refractivity contribution >= 4 is 11.5 Å². The minimum Gasteiger partial charge on any atom is -0.438 e. The quantitative estimate of drug-likeness (QED) is 0.463. The highest BCUT2D eigenvalue weighted by Gasteiger charge is 2.36. The highest BCUT2D eigenvalue weighted by molar-refractivity contribution is 5.68. The Morgan fingerprint density at radius 1 is 1.00 bits per heavy atom. The molecule has 30 heavy (non-hydrogen) atoms. The lowest BCUT2D eigenvalue weighted by Gasteiger charge is -2.28. The summed E-state index contributed by atoms with van der Waals surface area (Å²) in [6, 6.07) is 17.1. The normalized spacial score (nSPS) is 14.4. The van der Waals surface area contributed by atoms with Crippen molar-refractivity contribution in [3.05, 3.63) is 106 Å². The van der Waals surface area contributed by atoms with Crippen LogP contribution < -0.4 is 15.7 Å². The third kappa shape index (κ3) is 3.10. The summed E-state index contributed by atoms with van der Waals surface area (Å²) < 4.78 is 24.9. The second kappa shape index (κ2) is 7.11. The molecule has 0 saturated heterocycles. The third-order valence-corrected chi connectivity index (χ3v) is 4.94. The standard InChI is InChI=1S/C23H16FN3O3/c1-13-11-17-19(23(28)29-13)18(14-7-9-15(24)10-8-14)20-21(25-12-26-22(20)30-17)27-16-5-3-2-4-6-16/h2-12,18H,1H3,(H,25,26,27)/t18-/m1/s1. The van der Waals surface area contributed by atoms with Crippen LogP contribution in [0, 0.1) is 12.7 Å². The fraction of sp³-hybridized carbons (Fsp3) is 0.0870. The van der Waals surface area contributed by atoms with E-state index in [2.05, 4.69) is 15.3 Å². The van der Waals surface area contributed by atoms with Crippen molar-refractivity contribution in [3.8, 4) is 11.6 Å². The van der Waals surface area contributed by atoms with Gasteiger partial charge in [-0.25, -0.2) is 19.2 Å². The van der Waals surface area contributed by atoms with Crippen molar-refractivity contribution < 1.29 is 13.5 Å². The maximum atomic E-state index is 13.6. The molecule has 1 atom stereocenters. The monoisotopic (exact) mass is 401 g/mol. The second-order valence-corrected chi connectivity index (χ2v) is 6.94. The molecule has 1 N–H and O–H groups in total. The van der Waals surface area contributed by atoms with E-state index < -0.39 is 11.5 Å². The summed E-state index contributed by atoms with van der Waals surface area (Å²) in [4.78, 5) is 21.5. The number of para-hydroxylation sites is 1. The minimum absolute atomic E-state index is 0.325. The van der Waals surface area contributed by atoms with Gasteiger partial charge < -0.3 is 14.5 Å². The van der Waals surface area contributed by atoms with E-state index in [9.17, 15) is 9.18 Å². The molecule has 0 saturated carbocycles. The number of fused-ring (bicyclic) bond motifs is 2. The van der Waals surface area contributed by atoms with Crippen molar-refractivity contribution in [3.63, 3.8) is 0 Å². The Morgan fingerprint density at radius 2 is 1.77 bits per heavy atom. The highest BCUT2D eigenvalue weighted by Crippen LogP contribution is 2.47. The number of ether oxygens (including phenoxy) is 1. The molecule has 4 aromatic rings. The highest BCUT2D eigenvalue weighted by atomic mass is 19.1. The lowest BCUT2D eigenvalue weighted by atomic mass is 9.84. The molecule has 1 aliphatic heterocycles. The van der Waals surface area contributed by atoms with Gasteiger partial charge in [0.05, 0.1) is 17.0 Å². The van der Waals surface area contributed by atoms with E-state index in [1.807, 2.05) is 30.3 Å². The summed E-state index contributed by atoms with van der Waals surface area (Å²) in [5, 5.41) is 3.27. The number of nitrogens with zero attached hydrogens (tertiary/aromatic N) is 2. The van der Waals surface area contributed by atoms with Crippen molar-refractivity contribution in [1.82, 2.24) is 9.97 Å². The number of aromatic nitrogens is 2. The number of benzene rings is 2. The SMILES string of the molecule is Cc1cc2c(c(=O)o1)[C@@H](c1ccc(F)cc1)c1c(Nc3ccccc3)ncnc1O2. The minimum atomic E-state index is -0.589. The molecule has 6 nitrogen and oxygen atoms in total. The number of hydrogen-bond donors (Lipinski definition) is 1. The van der Waals surface area contributed by atoms with Crippen LogP contribution >= 0.6 is 0 Å². The Morgan fingerprint density at radius 3 is 2.53 bits per heavy atom. The van der Waals surface area contributed by atoms with Crippen LogP contribution in [-0.2, 0) is 0 Å². The van der Waals surface area contributed by atoms with Gasteiger partial charge in [-0.2, -0.15) is 0 Å². The molecule has 0 unspecified atom stereocenters. The first kappa shape index (κ1) is 18.1. The Bertz CT molecular complexity index is 1290. The predicted molar refractivity (Wildman–Crippen MR) is 109 cm³/mol. The Kier molecular flexibility index (Phi) is 4.28. The molecule has 0 amide bonds. The molecular formula is C23H16FN3O3. The topological polar surface area (TPSA) is 77.3 Å². The van der Waals surface area contributed by atoms with E-state index in [1.54, 1.807) is 25.1 Å². The largest absolute Gasteiger partial charge is 0.438 e. The summed E-state index contributed by atoms with van der Waals surface area (Å²) in [6.07, 6.45) is 1.40. The molecule has 5 rings (SSSR count). The van der Waals surface area contributed by atoms with Crippen molar-refractivity contribution in [1.29, 1.82) is 0 Å². The zero-order valence-corrected chi connectivity index (χ0v) is 15.9. The van der Waals surface area contributed by atoms with E-state index in [4.69, 9.17) is 9.15 Å². The number of halogens is 1. The van der Waals surface area contributed by atoms with Gasteiger partial charge >= 0.3 is 5.63 Å². The van der Waals surface area contributed by atoms with Gasteiger partial charge in [0.1, 0.15) is 29.5 Å². The van der Waals surface area contributed by atoms with Crippen LogP contribution in [0.15, 0.2) is 76.2 Å². The molecule has 7 heteroatoms. The molecule has 3 heterocycles. The molecule has 0 aliphatic carbocycles. The van der Waals surface area contributed by atoms with Crippen LogP contribution in [-0.4, -0.2) is 9.97 Å². The number of hydrogen-bond acceptors (Lipinski definition) is 6. The lowest BCUT2D eigenvalue weighted by molar-refractivity contribution is 0.399. The van der Waals surface area contributed by atoms with Gasteiger partial charge in [-0.1, -0.05) is 30.3 Å². The van der Waals surface area contributed by atoms with Gasteiger partial charge in [-0.3, -0.25) is 0 Å². The molecule has 0 spiro atoms. The number of rotatable bonds is 3. The van der Waals surface area contributed by atoms with Crippen LogP contribution in [0.25, 0.3) is 0 Å². The first-order chi connectivity index (χ1) is 14.6. The van der Waals surface area contributed by atoms with Gasteiger partial charge in [-0.05, 0) is 36.8 Å². The summed E-state index contributed by atoms with van der Waals surface area (Å²) in [6.45, 7) is 1.68. The van der Waals surface area contributed by atoms with E-state index in [1.165, 1.54) is 18.5 Å². The van der Waals surface area contributed by atoms with Crippen LogP contribution in [0.5, 0.6) is 11.6 Å². The van der Waals surface area contributed by atoms with Crippen LogP contribution in [0.3, 0.4) is 0 Å². The van der Waals surface area contributed by atoms with E-state index >= 15 is 0 Å². The zero-order chi connectivity index (χ0) is 20.7. The first-order valence-corrected chi connectivity index (χ1v) is 9.35. The number of nitrogens with one attached hydrogen (secondary N) is 1. The second-order valence-electron chi connectivity index (χ2n) is 6.94.